The van der Waals surface area contributed by atoms with E-state index in [1.165, 1.54) is 0 Å². The molecule has 4 heteroatoms. The van der Waals surface area contributed by atoms with Gasteiger partial charge in [0.15, 0.2) is 0 Å². The number of methoxy groups -OCH3 is 3. The van der Waals surface area contributed by atoms with E-state index in [4.69, 9.17) is 19.2 Å². The zero-order valence-corrected chi connectivity index (χ0v) is 17.4. The van der Waals surface area contributed by atoms with Crippen molar-refractivity contribution in [2.45, 2.75) is 0 Å². The van der Waals surface area contributed by atoms with Crippen LogP contribution in [-0.4, -0.2) is 27.0 Å². The summed E-state index contributed by atoms with van der Waals surface area (Å²) in [5, 5.41) is 0. The topological polar surface area (TPSA) is 40.0 Å². The fourth-order valence-corrected chi connectivity index (χ4v) is 2.73. The molecule has 0 bridgehead atoms. The number of ether oxygens (including phenoxy) is 3. The summed E-state index contributed by atoms with van der Waals surface area (Å²) in [7, 11) is 4.97. The second kappa shape index (κ2) is 10.7. The first-order valence-corrected chi connectivity index (χ1v) is 9.57. The molecule has 0 atom stereocenters. The zero-order chi connectivity index (χ0) is 21.2. The lowest BCUT2D eigenvalue weighted by molar-refractivity contribution is 0.414. The molecule has 0 amide bonds. The van der Waals surface area contributed by atoms with E-state index in [-0.39, 0.29) is 0 Å². The van der Waals surface area contributed by atoms with Crippen LogP contribution in [0.25, 0.3) is 12.2 Å². The van der Waals surface area contributed by atoms with Crippen LogP contribution in [0.3, 0.4) is 0 Å². The molecule has 0 saturated carbocycles. The molecule has 0 unspecified atom stereocenters. The second-order valence-corrected chi connectivity index (χ2v) is 6.45. The van der Waals surface area contributed by atoms with Crippen LogP contribution in [-0.2, 0) is 0 Å². The summed E-state index contributed by atoms with van der Waals surface area (Å²) in [6.07, 6.45) is 8.04. The van der Waals surface area contributed by atoms with Crippen molar-refractivity contribution < 1.29 is 14.2 Å². The van der Waals surface area contributed by atoms with E-state index in [1.807, 2.05) is 97.1 Å². The van der Waals surface area contributed by atoms with E-state index >= 15 is 0 Å². The van der Waals surface area contributed by atoms with Gasteiger partial charge in [0.25, 0.3) is 0 Å². The Kier molecular flexibility index (Phi) is 7.45. The number of nitrogens with zero attached hydrogens (tertiary/aromatic N) is 1. The number of hydrogen-bond donors (Lipinski definition) is 0. The van der Waals surface area contributed by atoms with Gasteiger partial charge in [-0.3, -0.25) is 0 Å². The molecule has 0 aromatic heterocycles. The highest BCUT2D eigenvalue weighted by atomic mass is 16.5. The van der Waals surface area contributed by atoms with E-state index < -0.39 is 0 Å². The van der Waals surface area contributed by atoms with E-state index in [9.17, 15) is 0 Å². The van der Waals surface area contributed by atoms with Crippen LogP contribution in [0.2, 0.25) is 0 Å². The summed E-state index contributed by atoms with van der Waals surface area (Å²) in [6, 6.07) is 23.4. The minimum atomic E-state index is 0.804. The largest absolute Gasteiger partial charge is 0.497 e. The van der Waals surface area contributed by atoms with Crippen molar-refractivity contribution in [1.29, 1.82) is 0 Å². The maximum Gasteiger partial charge on any atom is 0.119 e. The van der Waals surface area contributed by atoms with Crippen LogP contribution in [0, 0.1) is 0 Å². The van der Waals surface area contributed by atoms with Crippen molar-refractivity contribution in [2.75, 3.05) is 21.3 Å². The van der Waals surface area contributed by atoms with Gasteiger partial charge in [-0.1, -0.05) is 36.4 Å². The molecule has 4 nitrogen and oxygen atoms in total. The van der Waals surface area contributed by atoms with Crippen LogP contribution in [0.5, 0.6) is 17.2 Å². The quantitative estimate of drug-likeness (QED) is 0.423. The van der Waals surface area contributed by atoms with Gasteiger partial charge in [-0.05, 0) is 71.8 Å². The number of aliphatic imine (C=N–C) groups is 1. The molecule has 3 rings (SSSR count). The predicted molar refractivity (Wildman–Crippen MR) is 124 cm³/mol. The van der Waals surface area contributed by atoms with Crippen molar-refractivity contribution in [3.05, 3.63) is 96.1 Å². The molecule has 152 valence electrons. The van der Waals surface area contributed by atoms with Crippen LogP contribution >= 0.6 is 0 Å². The summed E-state index contributed by atoms with van der Waals surface area (Å²) in [5.41, 5.74) is 3.81. The Morgan fingerprint density at radius 1 is 0.567 bits per heavy atom. The zero-order valence-electron chi connectivity index (χ0n) is 17.4. The molecule has 0 aliphatic rings. The third-order valence-electron chi connectivity index (χ3n) is 4.46. The van der Waals surface area contributed by atoms with Gasteiger partial charge in [0.2, 0.25) is 0 Å². The molecule has 0 radical (unpaired) electrons. The molecule has 0 heterocycles. The maximum atomic E-state index is 5.23. The number of rotatable bonds is 8. The molecule has 0 aliphatic heterocycles. The third-order valence-corrected chi connectivity index (χ3v) is 4.46. The van der Waals surface area contributed by atoms with Crippen molar-refractivity contribution in [1.82, 2.24) is 0 Å². The van der Waals surface area contributed by atoms with Crippen molar-refractivity contribution in [3.63, 3.8) is 0 Å². The Balaban J connectivity index is 1.86. The Labute approximate surface area is 177 Å². The monoisotopic (exact) mass is 399 g/mol. The smallest absolute Gasteiger partial charge is 0.119 e. The molecule has 0 spiro atoms. The second-order valence-electron chi connectivity index (χ2n) is 6.45. The van der Waals surface area contributed by atoms with E-state index in [0.717, 1.165) is 39.8 Å². The Morgan fingerprint density at radius 2 is 0.933 bits per heavy atom. The summed E-state index contributed by atoms with van der Waals surface area (Å²) >= 11 is 0. The number of hydrogen-bond acceptors (Lipinski definition) is 4. The van der Waals surface area contributed by atoms with Gasteiger partial charge in [0.05, 0.1) is 32.7 Å². The first-order valence-electron chi connectivity index (χ1n) is 9.57. The van der Waals surface area contributed by atoms with E-state index in [0.29, 0.717) is 0 Å². The van der Waals surface area contributed by atoms with Gasteiger partial charge in [0, 0.05) is 0 Å². The fraction of sp³-hybridized carbons (Fsp3) is 0.115. The summed E-state index contributed by atoms with van der Waals surface area (Å²) in [4.78, 5) is 4.77. The van der Waals surface area contributed by atoms with Crippen molar-refractivity contribution in [2.24, 2.45) is 4.99 Å². The number of allylic oxidation sites excluding steroid dienone is 2. The minimum absolute atomic E-state index is 0.804. The highest BCUT2D eigenvalue weighted by Crippen LogP contribution is 2.19. The summed E-state index contributed by atoms with van der Waals surface area (Å²) in [5.74, 6) is 2.47. The summed E-state index contributed by atoms with van der Waals surface area (Å²) < 4.78 is 15.7. The molecular weight excluding hydrogens is 374 g/mol. The standard InChI is InChI=1S/C26H25NO3/c1-28-24-14-6-20(7-15-24)4-10-22(27-23-12-18-26(30-3)19-13-23)11-5-21-8-16-25(29-2)17-9-21/h4-19H,1-3H3/b10-4+,11-5+. The summed E-state index contributed by atoms with van der Waals surface area (Å²) in [6.45, 7) is 0. The molecule has 0 saturated heterocycles. The molecule has 0 fully saturated rings. The van der Waals surface area contributed by atoms with Gasteiger partial charge in [0.1, 0.15) is 17.2 Å². The minimum Gasteiger partial charge on any atom is -0.497 e. The SMILES string of the molecule is COc1ccc(/C=C/C(/C=C/c2ccc(OC)cc2)=Nc2ccc(OC)cc2)cc1. The Bertz CT molecular complexity index is 956. The van der Waals surface area contributed by atoms with Crippen LogP contribution in [0.1, 0.15) is 11.1 Å². The van der Waals surface area contributed by atoms with Gasteiger partial charge in [-0.15, -0.1) is 0 Å². The lowest BCUT2D eigenvalue weighted by Crippen LogP contribution is -1.88. The van der Waals surface area contributed by atoms with Gasteiger partial charge < -0.3 is 14.2 Å². The lowest BCUT2D eigenvalue weighted by Gasteiger charge is -2.02. The van der Waals surface area contributed by atoms with Crippen LogP contribution in [0.15, 0.2) is 89.9 Å². The molecule has 3 aromatic rings. The first-order chi connectivity index (χ1) is 14.7. The number of benzene rings is 3. The molecular formula is C26H25NO3. The normalized spacial score (nSPS) is 10.9. The molecule has 0 N–H and O–H groups in total. The molecule has 0 aliphatic carbocycles. The lowest BCUT2D eigenvalue weighted by atomic mass is 10.1. The molecule has 30 heavy (non-hydrogen) atoms. The molecule has 3 aromatic carbocycles. The Morgan fingerprint density at radius 3 is 1.30 bits per heavy atom. The Hall–Kier alpha value is -3.79. The van der Waals surface area contributed by atoms with Gasteiger partial charge in [-0.2, -0.15) is 0 Å². The highest BCUT2D eigenvalue weighted by Gasteiger charge is 1.97. The first kappa shape index (κ1) is 20.9. The van der Waals surface area contributed by atoms with Crippen LogP contribution < -0.4 is 14.2 Å². The van der Waals surface area contributed by atoms with E-state index in [2.05, 4.69) is 0 Å². The maximum absolute atomic E-state index is 5.23. The van der Waals surface area contributed by atoms with Crippen molar-refractivity contribution in [3.8, 4) is 17.2 Å². The van der Waals surface area contributed by atoms with Crippen molar-refractivity contribution >= 4 is 23.6 Å². The van der Waals surface area contributed by atoms with Gasteiger partial charge >= 0.3 is 0 Å². The predicted octanol–water partition coefficient (Wildman–Crippen LogP) is 6.21. The van der Waals surface area contributed by atoms with Crippen LogP contribution in [0.4, 0.5) is 5.69 Å². The highest BCUT2D eigenvalue weighted by molar-refractivity contribution is 6.09. The van der Waals surface area contributed by atoms with Gasteiger partial charge in [-0.25, -0.2) is 4.99 Å². The fourth-order valence-electron chi connectivity index (χ4n) is 2.73. The average Bonchev–Trinajstić information content (AvgIpc) is 2.82. The third kappa shape index (κ3) is 6.11. The van der Waals surface area contributed by atoms with E-state index in [1.54, 1.807) is 21.3 Å². The average molecular weight is 399 g/mol.